The Morgan fingerprint density at radius 1 is 1.08 bits per heavy atom. The zero-order valence-corrected chi connectivity index (χ0v) is 16.1. The summed E-state index contributed by atoms with van der Waals surface area (Å²) in [6, 6.07) is 17.6. The van der Waals surface area contributed by atoms with E-state index in [9.17, 15) is 9.90 Å². The molecule has 0 saturated heterocycles. The maximum atomic E-state index is 12.6. The molecule has 4 nitrogen and oxygen atoms in total. The highest BCUT2D eigenvalue weighted by molar-refractivity contribution is 5.83. The van der Waals surface area contributed by atoms with Crippen LogP contribution in [0, 0.1) is 0 Å². The van der Waals surface area contributed by atoms with Crippen LogP contribution in [0.5, 0.6) is 0 Å². The fraction of sp³-hybridized carbons (Fsp3) is 0.409. The number of carbonyl (C=O) groups is 1. The van der Waals surface area contributed by atoms with E-state index in [0.29, 0.717) is 6.42 Å². The summed E-state index contributed by atoms with van der Waals surface area (Å²) in [7, 11) is 3.92. The largest absolute Gasteiger partial charge is 0.388 e. The van der Waals surface area contributed by atoms with E-state index in [-0.39, 0.29) is 18.0 Å². The molecule has 4 heteroatoms. The van der Waals surface area contributed by atoms with Crippen LogP contribution in [-0.4, -0.2) is 36.2 Å². The quantitative estimate of drug-likeness (QED) is 0.714. The highest BCUT2D eigenvalue weighted by Gasteiger charge is 2.20. The fourth-order valence-electron chi connectivity index (χ4n) is 3.03. The third-order valence-electron chi connectivity index (χ3n) is 4.78. The van der Waals surface area contributed by atoms with Crippen molar-refractivity contribution in [2.24, 2.45) is 0 Å². The molecule has 2 aromatic carbocycles. The van der Waals surface area contributed by atoms with Crippen LogP contribution in [-0.2, 0) is 11.2 Å². The van der Waals surface area contributed by atoms with Gasteiger partial charge in [-0.3, -0.25) is 9.69 Å². The average Bonchev–Trinajstić information content (AvgIpc) is 2.65. The second-order valence-electron chi connectivity index (χ2n) is 6.99. The number of nitrogens with one attached hydrogen (secondary N) is 1. The monoisotopic (exact) mass is 354 g/mol. The standard InChI is InChI=1S/C22H30N2O2/c1-5-21(24(3)4)23-22(26)16(2)18-12-9-13-19(15-18)20(25)14-17-10-7-6-8-11-17/h6-13,15-16,20-21,25H,5,14H2,1-4H3,(H,23,26). The zero-order valence-electron chi connectivity index (χ0n) is 16.1. The van der Waals surface area contributed by atoms with Crippen LogP contribution >= 0.6 is 0 Å². The number of aliphatic hydroxyl groups is 1. The number of benzene rings is 2. The van der Waals surface area contributed by atoms with E-state index >= 15 is 0 Å². The van der Waals surface area contributed by atoms with Gasteiger partial charge in [0.2, 0.25) is 5.91 Å². The number of rotatable bonds is 8. The number of hydrogen-bond donors (Lipinski definition) is 2. The van der Waals surface area contributed by atoms with Crippen LogP contribution in [0.1, 0.15) is 49.0 Å². The third-order valence-corrected chi connectivity index (χ3v) is 4.78. The van der Waals surface area contributed by atoms with E-state index in [1.165, 1.54) is 0 Å². The van der Waals surface area contributed by atoms with Gasteiger partial charge in [0.1, 0.15) is 0 Å². The van der Waals surface area contributed by atoms with Crippen molar-refractivity contribution in [3.05, 3.63) is 71.3 Å². The van der Waals surface area contributed by atoms with Crippen molar-refractivity contribution in [2.45, 2.75) is 44.9 Å². The van der Waals surface area contributed by atoms with Gasteiger partial charge in [-0.2, -0.15) is 0 Å². The topological polar surface area (TPSA) is 52.6 Å². The molecule has 0 aliphatic heterocycles. The van der Waals surface area contributed by atoms with Gasteiger partial charge in [-0.1, -0.05) is 61.5 Å². The summed E-state index contributed by atoms with van der Waals surface area (Å²) in [4.78, 5) is 14.6. The minimum absolute atomic E-state index is 0.000231. The van der Waals surface area contributed by atoms with Crippen LogP contribution in [0.3, 0.4) is 0 Å². The Balaban J connectivity index is 2.08. The molecule has 0 saturated carbocycles. The fourth-order valence-corrected chi connectivity index (χ4v) is 3.03. The molecule has 0 aliphatic carbocycles. The van der Waals surface area contributed by atoms with Crippen molar-refractivity contribution in [3.8, 4) is 0 Å². The van der Waals surface area contributed by atoms with Crippen molar-refractivity contribution in [1.82, 2.24) is 10.2 Å². The molecule has 2 N–H and O–H groups in total. The molecule has 1 amide bonds. The minimum atomic E-state index is -0.585. The zero-order chi connectivity index (χ0) is 19.1. The van der Waals surface area contributed by atoms with Gasteiger partial charge in [0, 0.05) is 6.42 Å². The highest BCUT2D eigenvalue weighted by atomic mass is 16.3. The van der Waals surface area contributed by atoms with E-state index in [0.717, 1.165) is 23.1 Å². The van der Waals surface area contributed by atoms with Gasteiger partial charge in [0.15, 0.2) is 0 Å². The van der Waals surface area contributed by atoms with E-state index in [1.807, 2.05) is 80.5 Å². The second kappa shape index (κ2) is 9.51. The Hall–Kier alpha value is -2.17. The van der Waals surface area contributed by atoms with Gasteiger partial charge in [0.25, 0.3) is 0 Å². The lowest BCUT2D eigenvalue weighted by Gasteiger charge is -2.26. The maximum Gasteiger partial charge on any atom is 0.228 e. The van der Waals surface area contributed by atoms with Crippen molar-refractivity contribution >= 4 is 5.91 Å². The summed E-state index contributed by atoms with van der Waals surface area (Å²) in [5, 5.41) is 13.6. The number of amides is 1. The van der Waals surface area contributed by atoms with Crippen LogP contribution < -0.4 is 5.32 Å². The van der Waals surface area contributed by atoms with E-state index in [1.54, 1.807) is 0 Å². The summed E-state index contributed by atoms with van der Waals surface area (Å²) < 4.78 is 0. The normalized spacial score (nSPS) is 14.7. The van der Waals surface area contributed by atoms with Crippen LogP contribution in [0.15, 0.2) is 54.6 Å². The summed E-state index contributed by atoms with van der Waals surface area (Å²) in [5.41, 5.74) is 2.85. The first-order valence-electron chi connectivity index (χ1n) is 9.21. The van der Waals surface area contributed by atoms with Crippen molar-refractivity contribution in [3.63, 3.8) is 0 Å². The Morgan fingerprint density at radius 2 is 1.73 bits per heavy atom. The number of carbonyl (C=O) groups excluding carboxylic acids is 1. The summed E-state index contributed by atoms with van der Waals surface area (Å²) in [6.07, 6.45) is 0.847. The molecular formula is C22H30N2O2. The Labute approximate surface area is 156 Å². The molecule has 0 radical (unpaired) electrons. The molecule has 0 aromatic heterocycles. The van der Waals surface area contributed by atoms with Crippen molar-refractivity contribution < 1.29 is 9.90 Å². The summed E-state index contributed by atoms with van der Waals surface area (Å²) in [6.45, 7) is 3.95. The van der Waals surface area contributed by atoms with Gasteiger partial charge >= 0.3 is 0 Å². The second-order valence-corrected chi connectivity index (χ2v) is 6.99. The van der Waals surface area contributed by atoms with Gasteiger partial charge < -0.3 is 10.4 Å². The van der Waals surface area contributed by atoms with Gasteiger partial charge in [-0.15, -0.1) is 0 Å². The number of nitrogens with zero attached hydrogens (tertiary/aromatic N) is 1. The summed E-state index contributed by atoms with van der Waals surface area (Å²) >= 11 is 0. The molecular weight excluding hydrogens is 324 g/mol. The maximum absolute atomic E-state index is 12.6. The SMILES string of the molecule is CCC(NC(=O)C(C)c1cccc(C(O)Cc2ccccc2)c1)N(C)C. The molecule has 0 aliphatic rings. The van der Waals surface area contributed by atoms with Crippen LogP contribution in [0.25, 0.3) is 0 Å². The number of hydrogen-bond acceptors (Lipinski definition) is 3. The van der Waals surface area contributed by atoms with E-state index in [4.69, 9.17) is 0 Å². The lowest BCUT2D eigenvalue weighted by molar-refractivity contribution is -0.124. The van der Waals surface area contributed by atoms with Gasteiger partial charge in [0.05, 0.1) is 18.2 Å². The lowest BCUT2D eigenvalue weighted by Crippen LogP contribution is -2.45. The first-order chi connectivity index (χ1) is 12.4. The predicted octanol–water partition coefficient (Wildman–Crippen LogP) is 3.48. The molecule has 0 spiro atoms. The molecule has 2 rings (SSSR count). The molecule has 26 heavy (non-hydrogen) atoms. The Kier molecular flexibility index (Phi) is 7.37. The van der Waals surface area contributed by atoms with Gasteiger partial charge in [-0.25, -0.2) is 0 Å². The Morgan fingerprint density at radius 3 is 2.35 bits per heavy atom. The minimum Gasteiger partial charge on any atom is -0.388 e. The Bertz CT molecular complexity index is 700. The molecule has 140 valence electrons. The number of aliphatic hydroxyl groups excluding tert-OH is 1. The van der Waals surface area contributed by atoms with E-state index < -0.39 is 6.10 Å². The highest BCUT2D eigenvalue weighted by Crippen LogP contribution is 2.23. The third kappa shape index (κ3) is 5.41. The van der Waals surface area contributed by atoms with E-state index in [2.05, 4.69) is 12.2 Å². The molecule has 3 unspecified atom stereocenters. The van der Waals surface area contributed by atoms with Crippen LogP contribution in [0.2, 0.25) is 0 Å². The first kappa shape index (κ1) is 20.1. The molecule has 0 heterocycles. The molecule has 3 atom stereocenters. The molecule has 2 aromatic rings. The van der Waals surface area contributed by atoms with Crippen molar-refractivity contribution in [2.75, 3.05) is 14.1 Å². The summed E-state index contributed by atoms with van der Waals surface area (Å²) in [5.74, 6) is -0.270. The van der Waals surface area contributed by atoms with Gasteiger partial charge in [-0.05, 0) is 44.1 Å². The molecule has 0 fully saturated rings. The molecule has 0 bridgehead atoms. The first-order valence-corrected chi connectivity index (χ1v) is 9.21. The smallest absolute Gasteiger partial charge is 0.228 e. The lowest BCUT2D eigenvalue weighted by atomic mass is 9.94. The van der Waals surface area contributed by atoms with Crippen molar-refractivity contribution in [1.29, 1.82) is 0 Å². The predicted molar refractivity (Wildman–Crippen MR) is 106 cm³/mol. The van der Waals surface area contributed by atoms with Crippen LogP contribution in [0.4, 0.5) is 0 Å². The average molecular weight is 354 g/mol.